The van der Waals surface area contributed by atoms with Crippen LogP contribution >= 0.6 is 34.7 Å². The normalized spacial score (nSPS) is 13.1. The van der Waals surface area contributed by atoms with E-state index >= 15 is 0 Å². The lowest BCUT2D eigenvalue weighted by molar-refractivity contribution is 0.102. The summed E-state index contributed by atoms with van der Waals surface area (Å²) in [7, 11) is 0. The standard InChI is InChI=1S/C11H15ClOS2/c1-7(2)8(3)14-6-9(13)10-4-5-11(12)15-10/h4-5,7-8H,6H2,1-3H3. The number of rotatable bonds is 5. The van der Waals surface area contributed by atoms with Crippen molar-refractivity contribution in [3.05, 3.63) is 21.3 Å². The summed E-state index contributed by atoms with van der Waals surface area (Å²) in [6, 6.07) is 3.58. The minimum Gasteiger partial charge on any atom is -0.292 e. The Balaban J connectivity index is 2.43. The summed E-state index contributed by atoms with van der Waals surface area (Å²) < 4.78 is 0.681. The second-order valence-corrected chi connectivity index (χ2v) is 6.87. The van der Waals surface area contributed by atoms with Crippen molar-refractivity contribution < 1.29 is 4.79 Å². The molecule has 0 fully saturated rings. The predicted octanol–water partition coefficient (Wildman–Crippen LogP) is 4.36. The summed E-state index contributed by atoms with van der Waals surface area (Å²) in [5.74, 6) is 1.34. The summed E-state index contributed by atoms with van der Waals surface area (Å²) in [6.07, 6.45) is 0. The van der Waals surface area contributed by atoms with Gasteiger partial charge in [0.25, 0.3) is 0 Å². The maximum absolute atomic E-state index is 11.7. The van der Waals surface area contributed by atoms with Gasteiger partial charge in [-0.3, -0.25) is 4.79 Å². The molecular weight excluding hydrogens is 248 g/mol. The average molecular weight is 263 g/mol. The van der Waals surface area contributed by atoms with Gasteiger partial charge in [0.05, 0.1) is 15.0 Å². The fraction of sp³-hybridized carbons (Fsp3) is 0.545. The molecule has 1 aromatic rings. The summed E-state index contributed by atoms with van der Waals surface area (Å²) in [4.78, 5) is 12.5. The molecule has 0 aliphatic heterocycles. The smallest absolute Gasteiger partial charge is 0.182 e. The van der Waals surface area contributed by atoms with Gasteiger partial charge in [-0.1, -0.05) is 32.4 Å². The summed E-state index contributed by atoms with van der Waals surface area (Å²) in [6.45, 7) is 6.50. The zero-order valence-corrected chi connectivity index (χ0v) is 11.5. The van der Waals surface area contributed by atoms with E-state index in [1.807, 2.05) is 0 Å². The highest BCUT2D eigenvalue weighted by Gasteiger charge is 2.13. The topological polar surface area (TPSA) is 17.1 Å². The zero-order valence-electron chi connectivity index (χ0n) is 9.12. The summed E-state index contributed by atoms with van der Waals surface area (Å²) >= 11 is 8.85. The van der Waals surface area contributed by atoms with Crippen LogP contribution in [0.4, 0.5) is 0 Å². The molecular formula is C11H15ClOS2. The number of thioether (sulfide) groups is 1. The first-order chi connectivity index (χ1) is 7.00. The summed E-state index contributed by atoms with van der Waals surface area (Å²) in [5, 5.41) is 0.518. The van der Waals surface area contributed by atoms with E-state index in [0.717, 1.165) is 4.88 Å². The lowest BCUT2D eigenvalue weighted by Gasteiger charge is -2.13. The van der Waals surface area contributed by atoms with Gasteiger partial charge < -0.3 is 0 Å². The molecule has 0 aromatic carbocycles. The van der Waals surface area contributed by atoms with Crippen LogP contribution in [0.25, 0.3) is 0 Å². The molecule has 1 unspecified atom stereocenters. The first-order valence-corrected chi connectivity index (χ1v) is 7.15. The van der Waals surface area contributed by atoms with Gasteiger partial charge in [0.15, 0.2) is 5.78 Å². The Morgan fingerprint density at radius 1 is 1.47 bits per heavy atom. The van der Waals surface area contributed by atoms with E-state index in [2.05, 4.69) is 20.8 Å². The Morgan fingerprint density at radius 2 is 2.13 bits per heavy atom. The molecule has 0 N–H and O–H groups in total. The van der Waals surface area contributed by atoms with Crippen molar-refractivity contribution in [1.82, 2.24) is 0 Å². The van der Waals surface area contributed by atoms with Crippen molar-refractivity contribution in [2.45, 2.75) is 26.0 Å². The largest absolute Gasteiger partial charge is 0.292 e. The fourth-order valence-electron chi connectivity index (χ4n) is 0.935. The van der Waals surface area contributed by atoms with Gasteiger partial charge in [0.1, 0.15) is 0 Å². The van der Waals surface area contributed by atoms with E-state index in [4.69, 9.17) is 11.6 Å². The molecule has 0 bridgehead atoms. The quantitative estimate of drug-likeness (QED) is 0.734. The highest BCUT2D eigenvalue weighted by molar-refractivity contribution is 8.00. The monoisotopic (exact) mass is 262 g/mol. The maximum Gasteiger partial charge on any atom is 0.182 e. The lowest BCUT2D eigenvalue weighted by atomic mass is 10.2. The first kappa shape index (κ1) is 13.1. The second-order valence-electron chi connectivity index (χ2n) is 3.79. The second kappa shape index (κ2) is 5.92. The van der Waals surface area contributed by atoms with Crippen molar-refractivity contribution in [1.29, 1.82) is 0 Å². The number of halogens is 1. The Hall–Kier alpha value is 0.01000. The number of ketones is 1. The fourth-order valence-corrected chi connectivity index (χ4v) is 2.96. The third-order valence-electron chi connectivity index (χ3n) is 2.26. The first-order valence-electron chi connectivity index (χ1n) is 4.91. The van der Waals surface area contributed by atoms with Gasteiger partial charge >= 0.3 is 0 Å². The van der Waals surface area contributed by atoms with Gasteiger partial charge in [-0.2, -0.15) is 11.8 Å². The molecule has 1 nitrogen and oxygen atoms in total. The Bertz CT molecular complexity index is 333. The van der Waals surface area contributed by atoms with Crippen molar-refractivity contribution in [3.63, 3.8) is 0 Å². The van der Waals surface area contributed by atoms with Crippen LogP contribution in [0.3, 0.4) is 0 Å². The van der Waals surface area contributed by atoms with Crippen LogP contribution in [0, 0.1) is 5.92 Å². The predicted molar refractivity (Wildman–Crippen MR) is 70.4 cm³/mol. The number of carbonyl (C=O) groups excluding carboxylic acids is 1. The molecule has 0 aliphatic carbocycles. The minimum absolute atomic E-state index is 0.185. The van der Waals surface area contributed by atoms with E-state index in [1.165, 1.54) is 11.3 Å². The molecule has 1 aromatic heterocycles. The highest BCUT2D eigenvalue weighted by atomic mass is 35.5. The number of hydrogen-bond donors (Lipinski definition) is 0. The molecule has 1 heterocycles. The van der Waals surface area contributed by atoms with Crippen LogP contribution in [0.15, 0.2) is 12.1 Å². The van der Waals surface area contributed by atoms with Gasteiger partial charge in [-0.15, -0.1) is 11.3 Å². The van der Waals surface area contributed by atoms with Crippen LogP contribution in [-0.4, -0.2) is 16.8 Å². The van der Waals surface area contributed by atoms with Gasteiger partial charge in [0.2, 0.25) is 0 Å². The van der Waals surface area contributed by atoms with Crippen LogP contribution in [0.1, 0.15) is 30.4 Å². The zero-order chi connectivity index (χ0) is 11.4. The summed E-state index contributed by atoms with van der Waals surface area (Å²) in [5.41, 5.74) is 0. The molecule has 0 saturated carbocycles. The number of carbonyl (C=O) groups is 1. The minimum atomic E-state index is 0.185. The van der Waals surface area contributed by atoms with Gasteiger partial charge in [-0.25, -0.2) is 0 Å². The molecule has 0 radical (unpaired) electrons. The molecule has 0 spiro atoms. The van der Waals surface area contributed by atoms with E-state index in [1.54, 1.807) is 23.9 Å². The molecule has 0 amide bonds. The Kier molecular flexibility index (Phi) is 5.16. The van der Waals surface area contributed by atoms with Crippen LogP contribution in [0.5, 0.6) is 0 Å². The molecule has 0 saturated heterocycles. The lowest BCUT2D eigenvalue weighted by Crippen LogP contribution is -2.10. The third kappa shape index (κ3) is 4.17. The molecule has 15 heavy (non-hydrogen) atoms. The van der Waals surface area contributed by atoms with Crippen molar-refractivity contribution in [2.24, 2.45) is 5.92 Å². The van der Waals surface area contributed by atoms with Gasteiger partial charge in [0, 0.05) is 5.25 Å². The number of hydrogen-bond acceptors (Lipinski definition) is 3. The van der Waals surface area contributed by atoms with E-state index < -0.39 is 0 Å². The van der Waals surface area contributed by atoms with Gasteiger partial charge in [-0.05, 0) is 18.1 Å². The van der Waals surface area contributed by atoms with Crippen molar-refractivity contribution in [2.75, 3.05) is 5.75 Å². The van der Waals surface area contributed by atoms with E-state index in [-0.39, 0.29) is 5.78 Å². The average Bonchev–Trinajstić information content (AvgIpc) is 2.60. The SMILES string of the molecule is CC(C)C(C)SCC(=O)c1ccc(Cl)s1. The maximum atomic E-state index is 11.7. The molecule has 1 atom stereocenters. The van der Waals surface area contributed by atoms with Crippen molar-refractivity contribution in [3.8, 4) is 0 Å². The molecule has 0 aliphatic rings. The molecule has 84 valence electrons. The van der Waals surface area contributed by atoms with Crippen LogP contribution in [0.2, 0.25) is 4.34 Å². The molecule has 4 heteroatoms. The number of thiophene rings is 1. The Morgan fingerprint density at radius 3 is 2.60 bits per heavy atom. The number of Topliss-reactive ketones (excluding diaryl/α,β-unsaturated/α-hetero) is 1. The van der Waals surface area contributed by atoms with Crippen molar-refractivity contribution >= 4 is 40.5 Å². The third-order valence-corrected chi connectivity index (χ3v) is 5.04. The van der Waals surface area contributed by atoms with Crippen LogP contribution in [-0.2, 0) is 0 Å². The van der Waals surface area contributed by atoms with E-state index in [9.17, 15) is 4.79 Å². The highest BCUT2D eigenvalue weighted by Crippen LogP contribution is 2.25. The molecule has 1 rings (SSSR count). The van der Waals surface area contributed by atoms with Crippen LogP contribution < -0.4 is 0 Å². The Labute approximate surface area is 104 Å². The van der Waals surface area contributed by atoms with E-state index in [0.29, 0.717) is 21.3 Å².